The zero-order valence-corrected chi connectivity index (χ0v) is 8.55. The van der Waals surface area contributed by atoms with Crippen LogP contribution in [0.3, 0.4) is 0 Å². The second-order valence-electron chi connectivity index (χ2n) is 4.28. The molecule has 74 valence electrons. The van der Waals surface area contributed by atoms with Crippen LogP contribution in [0.4, 0.5) is 0 Å². The van der Waals surface area contributed by atoms with Gasteiger partial charge in [-0.25, -0.2) is 0 Å². The van der Waals surface area contributed by atoms with E-state index < -0.39 is 0 Å². The number of rotatable bonds is 3. The first kappa shape index (κ1) is 9.04. The van der Waals surface area contributed by atoms with Gasteiger partial charge in [0.1, 0.15) is 0 Å². The molecule has 1 unspecified atom stereocenters. The van der Waals surface area contributed by atoms with Crippen molar-refractivity contribution in [2.75, 3.05) is 6.54 Å². The summed E-state index contributed by atoms with van der Waals surface area (Å²) in [5.41, 5.74) is 0. The van der Waals surface area contributed by atoms with Crippen molar-refractivity contribution in [2.45, 2.75) is 51.5 Å². The van der Waals surface area contributed by atoms with E-state index in [1.165, 1.54) is 44.4 Å². The van der Waals surface area contributed by atoms with Crippen LogP contribution in [0.15, 0.2) is 4.99 Å². The van der Waals surface area contributed by atoms with Gasteiger partial charge in [0.2, 0.25) is 0 Å². The number of nitrogens with zero attached hydrogens (tertiary/aromatic N) is 1. The Balaban J connectivity index is 1.82. The summed E-state index contributed by atoms with van der Waals surface area (Å²) in [7, 11) is 0. The highest BCUT2D eigenvalue weighted by Crippen LogP contribution is 2.31. The van der Waals surface area contributed by atoms with Crippen LogP contribution in [0, 0.1) is 5.92 Å². The minimum absolute atomic E-state index is 0.714. The van der Waals surface area contributed by atoms with Crippen molar-refractivity contribution in [1.82, 2.24) is 5.32 Å². The van der Waals surface area contributed by atoms with Crippen LogP contribution in [-0.4, -0.2) is 18.4 Å². The van der Waals surface area contributed by atoms with Crippen molar-refractivity contribution < 1.29 is 0 Å². The lowest BCUT2D eigenvalue weighted by Gasteiger charge is -2.34. The minimum atomic E-state index is 0.714. The number of hydrogen-bond acceptors (Lipinski definition) is 2. The summed E-state index contributed by atoms with van der Waals surface area (Å²) < 4.78 is 0. The van der Waals surface area contributed by atoms with Crippen molar-refractivity contribution in [3.8, 4) is 0 Å². The fourth-order valence-corrected chi connectivity index (χ4v) is 2.27. The van der Waals surface area contributed by atoms with Crippen molar-refractivity contribution >= 4 is 5.84 Å². The van der Waals surface area contributed by atoms with Crippen molar-refractivity contribution in [3.05, 3.63) is 0 Å². The molecule has 1 heterocycles. The summed E-state index contributed by atoms with van der Waals surface area (Å²) in [4.78, 5) is 4.47. The Kier molecular flexibility index (Phi) is 2.87. The van der Waals surface area contributed by atoms with Crippen molar-refractivity contribution in [1.29, 1.82) is 0 Å². The van der Waals surface area contributed by atoms with Crippen LogP contribution in [0.25, 0.3) is 0 Å². The molecule has 2 aliphatic rings. The van der Waals surface area contributed by atoms with E-state index in [4.69, 9.17) is 0 Å². The Morgan fingerprint density at radius 3 is 2.77 bits per heavy atom. The molecule has 2 heteroatoms. The normalized spacial score (nSPS) is 25.2. The van der Waals surface area contributed by atoms with Gasteiger partial charge >= 0.3 is 0 Å². The highest BCUT2D eigenvalue weighted by molar-refractivity contribution is 5.83. The molecule has 0 saturated heterocycles. The zero-order chi connectivity index (χ0) is 9.10. The third-order valence-electron chi connectivity index (χ3n) is 3.39. The van der Waals surface area contributed by atoms with E-state index in [2.05, 4.69) is 17.2 Å². The standard InChI is InChI=1S/C11H20N2/c1-2-10(9-5-3-6-9)13-11-7-4-8-12-11/h9-10H,2-8H2,1H3,(H,12,13). The molecule has 0 radical (unpaired) electrons. The second kappa shape index (κ2) is 4.12. The highest BCUT2D eigenvalue weighted by Gasteiger charge is 2.26. The monoisotopic (exact) mass is 180 g/mol. The largest absolute Gasteiger partial charge is 0.371 e. The topological polar surface area (TPSA) is 24.4 Å². The lowest BCUT2D eigenvalue weighted by atomic mass is 9.79. The van der Waals surface area contributed by atoms with E-state index in [0.717, 1.165) is 12.5 Å². The van der Waals surface area contributed by atoms with E-state index in [1.807, 2.05) is 0 Å². The molecule has 1 aliphatic heterocycles. The third kappa shape index (κ3) is 2.04. The molecule has 1 atom stereocenters. The van der Waals surface area contributed by atoms with Crippen LogP contribution < -0.4 is 5.32 Å². The Labute approximate surface area is 80.8 Å². The molecule has 2 rings (SSSR count). The van der Waals surface area contributed by atoms with Gasteiger partial charge in [-0.2, -0.15) is 0 Å². The van der Waals surface area contributed by atoms with Gasteiger partial charge < -0.3 is 5.32 Å². The average molecular weight is 180 g/mol. The molecule has 2 nitrogen and oxygen atoms in total. The summed E-state index contributed by atoms with van der Waals surface area (Å²) in [6.07, 6.45) is 7.99. The van der Waals surface area contributed by atoms with Crippen molar-refractivity contribution in [3.63, 3.8) is 0 Å². The first-order chi connectivity index (χ1) is 6.40. The molecule has 1 aliphatic carbocycles. The second-order valence-corrected chi connectivity index (χ2v) is 4.28. The summed E-state index contributed by atoms with van der Waals surface area (Å²) in [6, 6.07) is 0.714. The van der Waals surface area contributed by atoms with Crippen LogP contribution in [0.1, 0.15) is 45.4 Å². The fraction of sp³-hybridized carbons (Fsp3) is 0.909. The summed E-state index contributed by atoms with van der Waals surface area (Å²) in [5, 5.41) is 3.62. The number of amidine groups is 1. The zero-order valence-electron chi connectivity index (χ0n) is 8.55. The lowest BCUT2D eigenvalue weighted by molar-refractivity contribution is 0.241. The molecule has 1 saturated carbocycles. The SMILES string of the molecule is CCC(NC1=NCCC1)C1CCC1. The molecule has 0 amide bonds. The average Bonchev–Trinajstić information content (AvgIpc) is 2.52. The molecule has 13 heavy (non-hydrogen) atoms. The van der Waals surface area contributed by atoms with Gasteiger partial charge in [-0.05, 0) is 31.6 Å². The summed E-state index contributed by atoms with van der Waals surface area (Å²) >= 11 is 0. The van der Waals surface area contributed by atoms with Gasteiger partial charge in [0, 0.05) is 19.0 Å². The van der Waals surface area contributed by atoms with Crippen LogP contribution in [0.2, 0.25) is 0 Å². The van der Waals surface area contributed by atoms with Crippen molar-refractivity contribution in [2.24, 2.45) is 10.9 Å². The molecule has 0 aromatic rings. The van der Waals surface area contributed by atoms with Gasteiger partial charge in [0.15, 0.2) is 0 Å². The molecule has 0 spiro atoms. The van der Waals surface area contributed by atoms with Gasteiger partial charge in [-0.15, -0.1) is 0 Å². The third-order valence-corrected chi connectivity index (χ3v) is 3.39. The van der Waals surface area contributed by atoms with E-state index in [9.17, 15) is 0 Å². The number of hydrogen-bond donors (Lipinski definition) is 1. The maximum atomic E-state index is 4.47. The fourth-order valence-electron chi connectivity index (χ4n) is 2.27. The van der Waals surface area contributed by atoms with E-state index >= 15 is 0 Å². The van der Waals surface area contributed by atoms with Gasteiger partial charge in [0.05, 0.1) is 5.84 Å². The van der Waals surface area contributed by atoms with Gasteiger partial charge in [-0.3, -0.25) is 4.99 Å². The maximum absolute atomic E-state index is 4.47. The number of nitrogens with one attached hydrogen (secondary N) is 1. The maximum Gasteiger partial charge on any atom is 0.0965 e. The lowest BCUT2D eigenvalue weighted by Crippen LogP contribution is -2.41. The first-order valence-electron chi connectivity index (χ1n) is 5.70. The summed E-state index contributed by atoms with van der Waals surface area (Å²) in [5.74, 6) is 2.21. The van der Waals surface area contributed by atoms with Crippen LogP contribution in [-0.2, 0) is 0 Å². The molecular weight excluding hydrogens is 160 g/mol. The van der Waals surface area contributed by atoms with Crippen LogP contribution >= 0.6 is 0 Å². The van der Waals surface area contributed by atoms with Gasteiger partial charge in [-0.1, -0.05) is 13.3 Å². The molecule has 0 bridgehead atoms. The van der Waals surface area contributed by atoms with Crippen LogP contribution in [0.5, 0.6) is 0 Å². The minimum Gasteiger partial charge on any atom is -0.371 e. The Morgan fingerprint density at radius 2 is 2.31 bits per heavy atom. The predicted octanol–water partition coefficient (Wildman–Crippen LogP) is 2.35. The quantitative estimate of drug-likeness (QED) is 0.708. The highest BCUT2D eigenvalue weighted by atomic mass is 15.0. The molecule has 1 N–H and O–H groups in total. The Bertz CT molecular complexity index is 194. The van der Waals surface area contributed by atoms with E-state index in [0.29, 0.717) is 6.04 Å². The predicted molar refractivity (Wildman–Crippen MR) is 56.1 cm³/mol. The first-order valence-corrected chi connectivity index (χ1v) is 5.70. The Morgan fingerprint density at radius 1 is 1.46 bits per heavy atom. The molecule has 0 aromatic carbocycles. The molecular formula is C11H20N2. The number of aliphatic imine (C=N–C) groups is 1. The summed E-state index contributed by atoms with van der Waals surface area (Å²) in [6.45, 7) is 3.33. The van der Waals surface area contributed by atoms with E-state index in [1.54, 1.807) is 0 Å². The van der Waals surface area contributed by atoms with Gasteiger partial charge in [0.25, 0.3) is 0 Å². The molecule has 1 fully saturated rings. The Hall–Kier alpha value is -0.530. The molecule has 0 aromatic heterocycles. The van der Waals surface area contributed by atoms with E-state index in [-0.39, 0.29) is 0 Å². The smallest absolute Gasteiger partial charge is 0.0965 e.